The number of aldehydes is 1. The van der Waals surface area contributed by atoms with Crippen molar-refractivity contribution in [2.75, 3.05) is 19.8 Å². The van der Waals surface area contributed by atoms with Crippen molar-refractivity contribution in [3.63, 3.8) is 0 Å². The summed E-state index contributed by atoms with van der Waals surface area (Å²) < 4.78 is 11.0. The van der Waals surface area contributed by atoms with Crippen LogP contribution in [0.2, 0.25) is 0 Å². The average molecular weight is 215 g/mol. The SMILES string of the molecule is CCOC(OCC)N1CCCCC1C=O. The Morgan fingerprint density at radius 1 is 1.33 bits per heavy atom. The molecule has 0 amide bonds. The second-order valence-corrected chi connectivity index (χ2v) is 3.65. The van der Waals surface area contributed by atoms with Crippen molar-refractivity contribution in [2.24, 2.45) is 0 Å². The highest BCUT2D eigenvalue weighted by molar-refractivity contribution is 5.57. The van der Waals surface area contributed by atoms with Crippen molar-refractivity contribution >= 4 is 6.29 Å². The minimum absolute atomic E-state index is 0.0400. The molecular weight excluding hydrogens is 194 g/mol. The van der Waals surface area contributed by atoms with Crippen molar-refractivity contribution in [3.8, 4) is 0 Å². The Labute approximate surface area is 91.5 Å². The molecule has 1 rings (SSSR count). The second-order valence-electron chi connectivity index (χ2n) is 3.65. The number of carbonyl (C=O) groups excluding carboxylic acids is 1. The summed E-state index contributed by atoms with van der Waals surface area (Å²) in [6.07, 6.45) is 3.80. The maximum absolute atomic E-state index is 10.9. The van der Waals surface area contributed by atoms with Crippen molar-refractivity contribution < 1.29 is 14.3 Å². The first-order valence-corrected chi connectivity index (χ1v) is 5.77. The van der Waals surface area contributed by atoms with Gasteiger partial charge in [0, 0.05) is 19.8 Å². The van der Waals surface area contributed by atoms with Crippen LogP contribution in [0.3, 0.4) is 0 Å². The van der Waals surface area contributed by atoms with Crippen LogP contribution in [0.1, 0.15) is 33.1 Å². The summed E-state index contributed by atoms with van der Waals surface area (Å²) in [6.45, 7) is 5.96. The Kier molecular flexibility index (Phi) is 5.83. The summed E-state index contributed by atoms with van der Waals surface area (Å²) in [7, 11) is 0. The Hall–Kier alpha value is -0.450. The number of hydrogen-bond donors (Lipinski definition) is 0. The van der Waals surface area contributed by atoms with Gasteiger partial charge in [0.05, 0.1) is 6.04 Å². The summed E-state index contributed by atoms with van der Waals surface area (Å²) >= 11 is 0. The van der Waals surface area contributed by atoms with E-state index in [9.17, 15) is 4.79 Å². The number of rotatable bonds is 6. The third kappa shape index (κ3) is 3.55. The van der Waals surface area contributed by atoms with Crippen LogP contribution in [-0.2, 0) is 14.3 Å². The predicted octanol–water partition coefficient (Wildman–Crippen LogP) is 1.40. The zero-order valence-corrected chi connectivity index (χ0v) is 9.65. The summed E-state index contributed by atoms with van der Waals surface area (Å²) in [5.41, 5.74) is 0. The van der Waals surface area contributed by atoms with Gasteiger partial charge in [0.2, 0.25) is 6.41 Å². The highest BCUT2D eigenvalue weighted by Crippen LogP contribution is 2.19. The minimum Gasteiger partial charge on any atom is -0.340 e. The molecule has 0 saturated carbocycles. The fourth-order valence-corrected chi connectivity index (χ4v) is 1.91. The van der Waals surface area contributed by atoms with E-state index < -0.39 is 0 Å². The van der Waals surface area contributed by atoms with Crippen LogP contribution in [0.4, 0.5) is 0 Å². The molecule has 4 heteroatoms. The maximum atomic E-state index is 10.9. The lowest BCUT2D eigenvalue weighted by molar-refractivity contribution is -0.232. The maximum Gasteiger partial charge on any atom is 0.219 e. The van der Waals surface area contributed by atoms with Crippen molar-refractivity contribution in [1.29, 1.82) is 0 Å². The molecule has 15 heavy (non-hydrogen) atoms. The van der Waals surface area contributed by atoms with Crippen LogP contribution in [0.5, 0.6) is 0 Å². The Morgan fingerprint density at radius 2 is 2.00 bits per heavy atom. The third-order valence-corrected chi connectivity index (χ3v) is 2.64. The molecule has 4 nitrogen and oxygen atoms in total. The van der Waals surface area contributed by atoms with Crippen LogP contribution < -0.4 is 0 Å². The number of likely N-dealkylation sites (tertiary alicyclic amines) is 1. The quantitative estimate of drug-likeness (QED) is 0.496. The summed E-state index contributed by atoms with van der Waals surface area (Å²) in [5, 5.41) is 0. The molecule has 1 atom stereocenters. The van der Waals surface area contributed by atoms with E-state index >= 15 is 0 Å². The van der Waals surface area contributed by atoms with Gasteiger partial charge in [-0.3, -0.25) is 0 Å². The highest BCUT2D eigenvalue weighted by Gasteiger charge is 2.29. The molecule has 0 bridgehead atoms. The third-order valence-electron chi connectivity index (χ3n) is 2.64. The molecule has 88 valence electrons. The van der Waals surface area contributed by atoms with Gasteiger partial charge < -0.3 is 14.3 Å². The van der Waals surface area contributed by atoms with Gasteiger partial charge in [-0.15, -0.1) is 0 Å². The normalized spacial score (nSPS) is 23.3. The number of nitrogens with zero attached hydrogens (tertiary/aromatic N) is 1. The van der Waals surface area contributed by atoms with E-state index in [0.717, 1.165) is 32.1 Å². The molecule has 0 aromatic rings. The molecular formula is C11H21NO3. The number of piperidine rings is 1. The highest BCUT2D eigenvalue weighted by atomic mass is 16.7. The van der Waals surface area contributed by atoms with Crippen LogP contribution in [-0.4, -0.2) is 43.4 Å². The molecule has 0 radical (unpaired) electrons. The fraction of sp³-hybridized carbons (Fsp3) is 0.909. The van der Waals surface area contributed by atoms with Gasteiger partial charge in [0.1, 0.15) is 6.29 Å². The van der Waals surface area contributed by atoms with Crippen LogP contribution in [0.25, 0.3) is 0 Å². The Bertz CT molecular complexity index is 181. The summed E-state index contributed by atoms with van der Waals surface area (Å²) in [5.74, 6) is 0. The van der Waals surface area contributed by atoms with Gasteiger partial charge in [-0.05, 0) is 26.7 Å². The molecule has 0 spiro atoms. The predicted molar refractivity (Wildman–Crippen MR) is 57.4 cm³/mol. The van der Waals surface area contributed by atoms with E-state index in [4.69, 9.17) is 9.47 Å². The first-order chi connectivity index (χ1) is 7.33. The largest absolute Gasteiger partial charge is 0.340 e. The van der Waals surface area contributed by atoms with Crippen molar-refractivity contribution in [2.45, 2.75) is 45.6 Å². The lowest BCUT2D eigenvalue weighted by Crippen LogP contribution is -2.49. The molecule has 1 heterocycles. The smallest absolute Gasteiger partial charge is 0.219 e. The minimum atomic E-state index is -0.351. The van der Waals surface area contributed by atoms with E-state index in [-0.39, 0.29) is 12.5 Å². The first kappa shape index (κ1) is 12.6. The fourth-order valence-electron chi connectivity index (χ4n) is 1.91. The van der Waals surface area contributed by atoms with E-state index in [0.29, 0.717) is 13.2 Å². The number of carbonyl (C=O) groups is 1. The summed E-state index contributed by atoms with van der Waals surface area (Å²) in [4.78, 5) is 12.9. The van der Waals surface area contributed by atoms with E-state index in [1.165, 1.54) is 0 Å². The Balaban J connectivity index is 2.56. The molecule has 0 aromatic carbocycles. The zero-order chi connectivity index (χ0) is 11.1. The second kappa shape index (κ2) is 6.93. The lowest BCUT2D eigenvalue weighted by Gasteiger charge is -2.37. The van der Waals surface area contributed by atoms with Gasteiger partial charge in [0.15, 0.2) is 0 Å². The Morgan fingerprint density at radius 3 is 2.53 bits per heavy atom. The van der Waals surface area contributed by atoms with Gasteiger partial charge in [-0.1, -0.05) is 6.42 Å². The molecule has 1 aliphatic rings. The van der Waals surface area contributed by atoms with E-state index in [1.807, 2.05) is 18.7 Å². The van der Waals surface area contributed by atoms with Crippen LogP contribution >= 0.6 is 0 Å². The molecule has 0 aliphatic carbocycles. The van der Waals surface area contributed by atoms with E-state index in [2.05, 4.69) is 0 Å². The van der Waals surface area contributed by atoms with Gasteiger partial charge in [-0.2, -0.15) is 0 Å². The lowest BCUT2D eigenvalue weighted by atomic mass is 10.0. The van der Waals surface area contributed by atoms with Crippen LogP contribution in [0, 0.1) is 0 Å². The average Bonchev–Trinajstić information content (AvgIpc) is 2.29. The molecule has 1 saturated heterocycles. The van der Waals surface area contributed by atoms with E-state index in [1.54, 1.807) is 0 Å². The van der Waals surface area contributed by atoms with Crippen molar-refractivity contribution in [3.05, 3.63) is 0 Å². The number of hydrogen-bond acceptors (Lipinski definition) is 4. The molecule has 0 aromatic heterocycles. The standard InChI is InChI=1S/C11H21NO3/c1-3-14-11(15-4-2)12-8-6-5-7-10(12)9-13/h9-11H,3-8H2,1-2H3. The topological polar surface area (TPSA) is 38.8 Å². The van der Waals surface area contributed by atoms with Gasteiger partial charge in [-0.25, -0.2) is 4.90 Å². The van der Waals surface area contributed by atoms with Crippen molar-refractivity contribution in [1.82, 2.24) is 4.90 Å². The monoisotopic (exact) mass is 215 g/mol. The van der Waals surface area contributed by atoms with Gasteiger partial charge >= 0.3 is 0 Å². The van der Waals surface area contributed by atoms with Gasteiger partial charge in [0.25, 0.3) is 0 Å². The summed E-state index contributed by atoms with van der Waals surface area (Å²) in [6, 6.07) is -0.0400. The molecule has 1 fully saturated rings. The molecule has 0 N–H and O–H groups in total. The molecule has 1 unspecified atom stereocenters. The zero-order valence-electron chi connectivity index (χ0n) is 9.65. The molecule has 1 aliphatic heterocycles. The van der Waals surface area contributed by atoms with Crippen LogP contribution in [0.15, 0.2) is 0 Å². The first-order valence-electron chi connectivity index (χ1n) is 5.77. The number of ether oxygens (including phenoxy) is 2.